The number of nitrogens with two attached hydrogens (primary N) is 1. The molecule has 0 atom stereocenters. The van der Waals surface area contributed by atoms with E-state index in [0.717, 1.165) is 11.0 Å². The summed E-state index contributed by atoms with van der Waals surface area (Å²) in [5, 5.41) is 2.79. The first-order valence-corrected chi connectivity index (χ1v) is 5.91. The van der Waals surface area contributed by atoms with Crippen molar-refractivity contribution in [2.75, 3.05) is 0 Å². The monoisotopic (exact) mass is 260 g/mol. The highest BCUT2D eigenvalue weighted by molar-refractivity contribution is 5.97. The quantitative estimate of drug-likeness (QED) is 0.762. The molecule has 2 rings (SSSR count). The summed E-state index contributed by atoms with van der Waals surface area (Å²) in [5.74, 6) is -0.697. The Labute approximate surface area is 110 Å². The minimum absolute atomic E-state index is 0.0883. The van der Waals surface area contributed by atoms with Crippen LogP contribution in [0.25, 0.3) is 11.0 Å². The predicted molar refractivity (Wildman–Crippen MR) is 71.5 cm³/mol. The van der Waals surface area contributed by atoms with Crippen LogP contribution >= 0.6 is 0 Å². The Hall–Kier alpha value is -2.37. The van der Waals surface area contributed by atoms with Crippen molar-refractivity contribution in [2.45, 2.75) is 25.8 Å². The van der Waals surface area contributed by atoms with Gasteiger partial charge in [-0.05, 0) is 32.0 Å². The first kappa shape index (κ1) is 13.1. The number of amides is 2. The molecule has 2 amide bonds. The van der Waals surface area contributed by atoms with Crippen molar-refractivity contribution >= 4 is 22.8 Å². The van der Waals surface area contributed by atoms with Crippen molar-refractivity contribution in [1.29, 1.82) is 0 Å². The number of aromatic nitrogens is 2. The Balaban J connectivity index is 2.17. The van der Waals surface area contributed by atoms with E-state index in [2.05, 4.69) is 15.3 Å². The molecule has 0 bridgehead atoms. The first-order valence-electron chi connectivity index (χ1n) is 5.91. The molecular weight excluding hydrogens is 244 g/mol. The van der Waals surface area contributed by atoms with E-state index in [4.69, 9.17) is 5.73 Å². The number of nitrogens with zero attached hydrogens (tertiary/aromatic N) is 1. The van der Waals surface area contributed by atoms with Gasteiger partial charge in [0.15, 0.2) is 0 Å². The zero-order chi connectivity index (χ0) is 14.0. The van der Waals surface area contributed by atoms with Gasteiger partial charge >= 0.3 is 0 Å². The van der Waals surface area contributed by atoms with E-state index in [-0.39, 0.29) is 12.3 Å². The lowest BCUT2D eigenvalue weighted by molar-refractivity contribution is -0.119. The van der Waals surface area contributed by atoms with Crippen molar-refractivity contribution in [3.63, 3.8) is 0 Å². The largest absolute Gasteiger partial charge is 0.370 e. The molecular formula is C13H16N4O2. The standard InChI is InChI=1S/C13H16N4O2/c1-13(2,6-11(14)18)17-12(19)8-3-4-9-10(5-8)16-7-15-9/h3-5,7H,6H2,1-2H3,(H2,14,18)(H,15,16)(H,17,19). The summed E-state index contributed by atoms with van der Waals surface area (Å²) >= 11 is 0. The Bertz CT molecular complexity index is 630. The van der Waals surface area contributed by atoms with Crippen LogP contribution in [-0.2, 0) is 4.79 Å². The second kappa shape index (κ2) is 4.72. The molecule has 0 fully saturated rings. The molecule has 1 aromatic heterocycles. The molecule has 0 saturated heterocycles. The predicted octanol–water partition coefficient (Wildman–Crippen LogP) is 0.947. The highest BCUT2D eigenvalue weighted by Crippen LogP contribution is 2.14. The average molecular weight is 260 g/mol. The number of fused-ring (bicyclic) bond motifs is 1. The molecule has 0 radical (unpaired) electrons. The third-order valence-electron chi connectivity index (χ3n) is 2.75. The van der Waals surface area contributed by atoms with Crippen LogP contribution in [-0.4, -0.2) is 27.3 Å². The average Bonchev–Trinajstić information content (AvgIpc) is 2.72. The lowest BCUT2D eigenvalue weighted by Gasteiger charge is -2.24. The number of H-pyrrole nitrogens is 1. The van der Waals surface area contributed by atoms with Gasteiger partial charge in [0.25, 0.3) is 5.91 Å². The van der Waals surface area contributed by atoms with E-state index < -0.39 is 11.4 Å². The van der Waals surface area contributed by atoms with Crippen LogP contribution in [0.4, 0.5) is 0 Å². The summed E-state index contributed by atoms with van der Waals surface area (Å²) in [6.45, 7) is 3.51. The molecule has 6 nitrogen and oxygen atoms in total. The molecule has 4 N–H and O–H groups in total. The number of hydrogen-bond acceptors (Lipinski definition) is 3. The topological polar surface area (TPSA) is 101 Å². The zero-order valence-electron chi connectivity index (χ0n) is 10.9. The van der Waals surface area contributed by atoms with E-state index >= 15 is 0 Å². The molecule has 0 unspecified atom stereocenters. The van der Waals surface area contributed by atoms with E-state index in [1.807, 2.05) is 0 Å². The number of primary amides is 1. The lowest BCUT2D eigenvalue weighted by atomic mass is 9.99. The minimum Gasteiger partial charge on any atom is -0.370 e. The summed E-state index contributed by atoms with van der Waals surface area (Å²) < 4.78 is 0. The SMILES string of the molecule is CC(C)(CC(N)=O)NC(=O)c1ccc2nc[nH]c2c1. The number of rotatable bonds is 4. The first-order chi connectivity index (χ1) is 8.87. The van der Waals surface area contributed by atoms with Gasteiger partial charge in [-0.3, -0.25) is 9.59 Å². The third kappa shape index (κ3) is 3.09. The summed E-state index contributed by atoms with van der Waals surface area (Å²) in [6.07, 6.45) is 1.66. The van der Waals surface area contributed by atoms with Crippen molar-refractivity contribution in [2.24, 2.45) is 5.73 Å². The fourth-order valence-electron chi connectivity index (χ4n) is 1.94. The lowest BCUT2D eigenvalue weighted by Crippen LogP contribution is -2.46. The minimum atomic E-state index is -0.675. The number of aromatic amines is 1. The van der Waals surface area contributed by atoms with E-state index in [0.29, 0.717) is 5.56 Å². The Kier molecular flexibility index (Phi) is 3.25. The van der Waals surface area contributed by atoms with Crippen LogP contribution in [0.15, 0.2) is 24.5 Å². The molecule has 0 aliphatic rings. The third-order valence-corrected chi connectivity index (χ3v) is 2.75. The molecule has 19 heavy (non-hydrogen) atoms. The van der Waals surface area contributed by atoms with Crippen molar-refractivity contribution in [1.82, 2.24) is 15.3 Å². The molecule has 1 aromatic carbocycles. The summed E-state index contributed by atoms with van der Waals surface area (Å²) in [6, 6.07) is 5.18. The molecule has 0 aliphatic heterocycles. The van der Waals surface area contributed by atoms with Crippen LogP contribution < -0.4 is 11.1 Å². The zero-order valence-corrected chi connectivity index (χ0v) is 10.9. The van der Waals surface area contributed by atoms with Crippen molar-refractivity contribution in [3.8, 4) is 0 Å². The maximum Gasteiger partial charge on any atom is 0.251 e. The molecule has 1 heterocycles. The second-order valence-corrected chi connectivity index (χ2v) is 5.12. The molecule has 6 heteroatoms. The van der Waals surface area contributed by atoms with Gasteiger partial charge in [0.1, 0.15) is 0 Å². The van der Waals surface area contributed by atoms with E-state index in [9.17, 15) is 9.59 Å². The molecule has 0 aliphatic carbocycles. The molecule has 2 aromatic rings. The smallest absolute Gasteiger partial charge is 0.251 e. The van der Waals surface area contributed by atoms with Crippen LogP contribution in [0, 0.1) is 0 Å². The maximum absolute atomic E-state index is 12.1. The van der Waals surface area contributed by atoms with Gasteiger partial charge < -0.3 is 16.0 Å². The molecule has 0 spiro atoms. The van der Waals surface area contributed by atoms with Crippen LogP contribution in [0.1, 0.15) is 30.6 Å². The Morgan fingerprint density at radius 3 is 2.84 bits per heavy atom. The fraction of sp³-hybridized carbons (Fsp3) is 0.308. The number of nitrogens with one attached hydrogen (secondary N) is 2. The highest BCUT2D eigenvalue weighted by atomic mass is 16.2. The van der Waals surface area contributed by atoms with Crippen LogP contribution in [0.5, 0.6) is 0 Å². The van der Waals surface area contributed by atoms with Crippen LogP contribution in [0.3, 0.4) is 0 Å². The van der Waals surface area contributed by atoms with Gasteiger partial charge in [-0.1, -0.05) is 0 Å². The summed E-state index contributed by atoms with van der Waals surface area (Å²) in [7, 11) is 0. The Morgan fingerprint density at radius 2 is 2.16 bits per heavy atom. The van der Waals surface area contributed by atoms with Gasteiger partial charge in [-0.25, -0.2) is 4.98 Å². The van der Waals surface area contributed by atoms with E-state index in [1.54, 1.807) is 38.4 Å². The second-order valence-electron chi connectivity index (χ2n) is 5.12. The molecule has 0 saturated carbocycles. The fourth-order valence-corrected chi connectivity index (χ4v) is 1.94. The molecule has 100 valence electrons. The summed E-state index contributed by atoms with van der Waals surface area (Å²) in [4.78, 5) is 30.1. The number of benzene rings is 1. The summed E-state index contributed by atoms with van der Waals surface area (Å²) in [5.41, 5.74) is 6.57. The van der Waals surface area contributed by atoms with Gasteiger partial charge in [-0.15, -0.1) is 0 Å². The van der Waals surface area contributed by atoms with Gasteiger partial charge in [-0.2, -0.15) is 0 Å². The Morgan fingerprint density at radius 1 is 1.42 bits per heavy atom. The normalized spacial score (nSPS) is 11.5. The number of carbonyl (C=O) groups is 2. The van der Waals surface area contributed by atoms with Crippen LogP contribution in [0.2, 0.25) is 0 Å². The van der Waals surface area contributed by atoms with Gasteiger partial charge in [0.2, 0.25) is 5.91 Å². The number of imidazole rings is 1. The van der Waals surface area contributed by atoms with Gasteiger partial charge in [0, 0.05) is 17.5 Å². The van der Waals surface area contributed by atoms with Crippen molar-refractivity contribution in [3.05, 3.63) is 30.1 Å². The van der Waals surface area contributed by atoms with Gasteiger partial charge in [0.05, 0.1) is 17.4 Å². The van der Waals surface area contributed by atoms with Crippen molar-refractivity contribution < 1.29 is 9.59 Å². The maximum atomic E-state index is 12.1. The van der Waals surface area contributed by atoms with E-state index in [1.165, 1.54) is 0 Å². The highest BCUT2D eigenvalue weighted by Gasteiger charge is 2.23. The number of hydrogen-bond donors (Lipinski definition) is 3. The number of carbonyl (C=O) groups excluding carboxylic acids is 2.